The van der Waals surface area contributed by atoms with Crippen LogP contribution in [-0.4, -0.2) is 71.3 Å². The Kier molecular flexibility index (Phi) is 5.30. The Bertz CT molecular complexity index is 527. The molecule has 3 rings (SSSR count). The normalized spacial score (nSPS) is 25.3. The SMILES string of the molecule is Cc1nc(CN2CCN(C3CCOCC3)CC(C(=O)O)C2)co1. The van der Waals surface area contributed by atoms with Crippen molar-refractivity contribution in [2.45, 2.75) is 32.4 Å². The first-order valence-corrected chi connectivity index (χ1v) is 8.30. The van der Waals surface area contributed by atoms with E-state index in [1.165, 1.54) is 0 Å². The number of hydrogen-bond donors (Lipinski definition) is 1. The van der Waals surface area contributed by atoms with Crippen LogP contribution in [0.5, 0.6) is 0 Å². The molecule has 0 aliphatic carbocycles. The van der Waals surface area contributed by atoms with Gasteiger partial charge in [-0.2, -0.15) is 0 Å². The third-order valence-corrected chi connectivity index (χ3v) is 4.75. The van der Waals surface area contributed by atoms with Crippen LogP contribution in [0.25, 0.3) is 0 Å². The highest BCUT2D eigenvalue weighted by molar-refractivity contribution is 5.70. The zero-order valence-corrected chi connectivity index (χ0v) is 13.6. The van der Waals surface area contributed by atoms with Crippen LogP contribution in [0.1, 0.15) is 24.4 Å². The van der Waals surface area contributed by atoms with Gasteiger partial charge in [0.05, 0.1) is 11.6 Å². The van der Waals surface area contributed by atoms with Crippen molar-refractivity contribution in [2.24, 2.45) is 5.92 Å². The number of aliphatic carboxylic acids is 1. The number of carbonyl (C=O) groups is 1. The van der Waals surface area contributed by atoms with E-state index in [1.807, 2.05) is 6.92 Å². The van der Waals surface area contributed by atoms with Crippen LogP contribution in [0.4, 0.5) is 0 Å². The van der Waals surface area contributed by atoms with Gasteiger partial charge in [0, 0.05) is 58.9 Å². The first kappa shape index (κ1) is 16.4. The molecule has 2 fully saturated rings. The second-order valence-electron chi connectivity index (χ2n) is 6.47. The van der Waals surface area contributed by atoms with Gasteiger partial charge in [-0.3, -0.25) is 14.6 Å². The number of aromatic nitrogens is 1. The van der Waals surface area contributed by atoms with E-state index >= 15 is 0 Å². The maximum absolute atomic E-state index is 11.6. The molecule has 0 saturated carbocycles. The third-order valence-electron chi connectivity index (χ3n) is 4.75. The summed E-state index contributed by atoms with van der Waals surface area (Å²) in [4.78, 5) is 20.5. The van der Waals surface area contributed by atoms with Crippen LogP contribution >= 0.6 is 0 Å². The zero-order chi connectivity index (χ0) is 16.2. The second kappa shape index (κ2) is 7.42. The van der Waals surface area contributed by atoms with Crippen molar-refractivity contribution in [3.63, 3.8) is 0 Å². The molecule has 1 unspecified atom stereocenters. The number of ether oxygens (including phenoxy) is 1. The van der Waals surface area contributed by atoms with E-state index < -0.39 is 5.97 Å². The first-order chi connectivity index (χ1) is 11.1. The summed E-state index contributed by atoms with van der Waals surface area (Å²) >= 11 is 0. The average Bonchev–Trinajstić information content (AvgIpc) is 2.83. The molecular weight excluding hydrogens is 298 g/mol. The molecular formula is C16H25N3O4. The molecule has 1 aromatic rings. The number of carboxylic acid groups (broad SMARTS) is 1. The van der Waals surface area contributed by atoms with Gasteiger partial charge in [0.1, 0.15) is 6.26 Å². The Morgan fingerprint density at radius 3 is 2.78 bits per heavy atom. The van der Waals surface area contributed by atoms with Crippen molar-refractivity contribution in [2.75, 3.05) is 39.4 Å². The second-order valence-corrected chi connectivity index (χ2v) is 6.47. The summed E-state index contributed by atoms with van der Waals surface area (Å²) < 4.78 is 10.7. The molecule has 0 aromatic carbocycles. The molecule has 0 radical (unpaired) electrons. The molecule has 0 spiro atoms. The Labute approximate surface area is 136 Å². The highest BCUT2D eigenvalue weighted by Crippen LogP contribution is 2.20. The Morgan fingerprint density at radius 1 is 1.35 bits per heavy atom. The highest BCUT2D eigenvalue weighted by atomic mass is 16.5. The molecule has 2 aliphatic rings. The number of hydrogen-bond acceptors (Lipinski definition) is 6. The van der Waals surface area contributed by atoms with Gasteiger partial charge in [-0.25, -0.2) is 4.98 Å². The monoisotopic (exact) mass is 323 g/mol. The lowest BCUT2D eigenvalue weighted by molar-refractivity contribution is -0.142. The molecule has 1 aromatic heterocycles. The molecule has 128 valence electrons. The molecule has 23 heavy (non-hydrogen) atoms. The largest absolute Gasteiger partial charge is 0.481 e. The van der Waals surface area contributed by atoms with Crippen molar-refractivity contribution in [1.29, 1.82) is 0 Å². The van der Waals surface area contributed by atoms with E-state index in [-0.39, 0.29) is 5.92 Å². The first-order valence-electron chi connectivity index (χ1n) is 8.30. The molecule has 7 nitrogen and oxygen atoms in total. The van der Waals surface area contributed by atoms with Crippen molar-refractivity contribution >= 4 is 5.97 Å². The lowest BCUT2D eigenvalue weighted by Crippen LogP contribution is -2.43. The molecule has 3 heterocycles. The van der Waals surface area contributed by atoms with Gasteiger partial charge in [0.25, 0.3) is 0 Å². The quantitative estimate of drug-likeness (QED) is 0.885. The van der Waals surface area contributed by atoms with Gasteiger partial charge < -0.3 is 14.3 Å². The summed E-state index contributed by atoms with van der Waals surface area (Å²) in [6.07, 6.45) is 3.65. The number of aryl methyl sites for hydroxylation is 1. The van der Waals surface area contributed by atoms with Crippen LogP contribution in [0.2, 0.25) is 0 Å². The average molecular weight is 323 g/mol. The van der Waals surface area contributed by atoms with E-state index in [2.05, 4.69) is 14.8 Å². The smallest absolute Gasteiger partial charge is 0.309 e. The molecule has 0 bridgehead atoms. The van der Waals surface area contributed by atoms with Gasteiger partial charge in [-0.1, -0.05) is 0 Å². The predicted octanol–water partition coefficient (Wildman–Crippen LogP) is 0.980. The minimum Gasteiger partial charge on any atom is -0.481 e. The van der Waals surface area contributed by atoms with Gasteiger partial charge in [-0.05, 0) is 12.8 Å². The molecule has 7 heteroatoms. The Morgan fingerprint density at radius 2 is 2.13 bits per heavy atom. The van der Waals surface area contributed by atoms with E-state index in [1.54, 1.807) is 6.26 Å². The van der Waals surface area contributed by atoms with Crippen LogP contribution in [0.15, 0.2) is 10.7 Å². The van der Waals surface area contributed by atoms with Crippen molar-refractivity contribution in [3.05, 3.63) is 17.8 Å². The summed E-state index contributed by atoms with van der Waals surface area (Å²) in [7, 11) is 0. The molecule has 1 N–H and O–H groups in total. The van der Waals surface area contributed by atoms with Gasteiger partial charge in [0.15, 0.2) is 5.89 Å². The standard InChI is InChI=1S/C16H25N3O4/c1-12-17-14(11-23-12)10-18-4-5-19(9-13(8-18)16(20)21)15-2-6-22-7-3-15/h11,13,15H,2-10H2,1H3,(H,20,21). The fourth-order valence-electron chi connectivity index (χ4n) is 3.50. The van der Waals surface area contributed by atoms with Crippen molar-refractivity contribution in [3.8, 4) is 0 Å². The van der Waals surface area contributed by atoms with Crippen molar-refractivity contribution < 1.29 is 19.1 Å². The molecule has 1 atom stereocenters. The summed E-state index contributed by atoms with van der Waals surface area (Å²) in [6, 6.07) is 0.444. The maximum atomic E-state index is 11.6. The molecule has 0 amide bonds. The van der Waals surface area contributed by atoms with Gasteiger partial charge in [-0.15, -0.1) is 0 Å². The van der Waals surface area contributed by atoms with E-state index in [0.717, 1.165) is 44.8 Å². The molecule has 2 aliphatic heterocycles. The lowest BCUT2D eigenvalue weighted by atomic mass is 10.0. The lowest BCUT2D eigenvalue weighted by Gasteiger charge is -2.34. The number of nitrogens with zero attached hydrogens (tertiary/aromatic N) is 3. The summed E-state index contributed by atoms with van der Waals surface area (Å²) in [5.74, 6) is -0.438. The Hall–Kier alpha value is -1.44. The Balaban J connectivity index is 1.65. The van der Waals surface area contributed by atoms with Gasteiger partial charge >= 0.3 is 5.97 Å². The van der Waals surface area contributed by atoms with Crippen LogP contribution in [-0.2, 0) is 16.1 Å². The van der Waals surface area contributed by atoms with Crippen LogP contribution in [0, 0.1) is 12.8 Å². The minimum absolute atomic E-state index is 0.367. The van der Waals surface area contributed by atoms with E-state index in [9.17, 15) is 9.90 Å². The van der Waals surface area contributed by atoms with E-state index in [4.69, 9.17) is 9.15 Å². The van der Waals surface area contributed by atoms with Crippen molar-refractivity contribution in [1.82, 2.24) is 14.8 Å². The van der Waals surface area contributed by atoms with Crippen LogP contribution < -0.4 is 0 Å². The minimum atomic E-state index is -0.717. The number of carboxylic acids is 1. The summed E-state index contributed by atoms with van der Waals surface area (Å²) in [5.41, 5.74) is 0.867. The van der Waals surface area contributed by atoms with Crippen LogP contribution in [0.3, 0.4) is 0 Å². The third kappa shape index (κ3) is 4.31. The van der Waals surface area contributed by atoms with E-state index in [0.29, 0.717) is 31.6 Å². The summed E-state index contributed by atoms with van der Waals surface area (Å²) in [5, 5.41) is 9.56. The fraction of sp³-hybridized carbons (Fsp3) is 0.750. The molecule has 2 saturated heterocycles. The number of rotatable bonds is 4. The van der Waals surface area contributed by atoms with Gasteiger partial charge in [0.2, 0.25) is 0 Å². The maximum Gasteiger partial charge on any atom is 0.309 e. The highest BCUT2D eigenvalue weighted by Gasteiger charge is 2.32. The number of oxazole rings is 1. The fourth-order valence-corrected chi connectivity index (χ4v) is 3.50. The topological polar surface area (TPSA) is 79.0 Å². The predicted molar refractivity (Wildman–Crippen MR) is 83.1 cm³/mol. The summed E-state index contributed by atoms with van der Waals surface area (Å²) in [6.45, 7) is 6.94. The zero-order valence-electron chi connectivity index (χ0n) is 13.6.